The third-order valence-electron chi connectivity index (χ3n) is 3.48. The monoisotopic (exact) mass is 274 g/mol. The number of aryl methyl sites for hydroxylation is 1. The Bertz CT molecular complexity index is 623. The fraction of sp³-hybridized carbons (Fsp3) is 0.438. The molecule has 4 heteroatoms. The highest BCUT2D eigenvalue weighted by atomic mass is 16.3. The van der Waals surface area contributed by atoms with Crippen molar-refractivity contribution in [3.05, 3.63) is 35.5 Å². The zero-order chi connectivity index (χ0) is 14.9. The summed E-state index contributed by atoms with van der Waals surface area (Å²) in [4.78, 5) is 15.2. The zero-order valence-corrected chi connectivity index (χ0v) is 12.4. The molecular formula is C16H22N2O2. The Labute approximate surface area is 119 Å². The van der Waals surface area contributed by atoms with Crippen LogP contribution < -0.4 is 5.32 Å². The van der Waals surface area contributed by atoms with Crippen molar-refractivity contribution in [2.45, 2.75) is 33.8 Å². The van der Waals surface area contributed by atoms with Gasteiger partial charge in [-0.15, -0.1) is 0 Å². The lowest BCUT2D eigenvalue weighted by Crippen LogP contribution is -2.39. The minimum Gasteiger partial charge on any atom is -0.391 e. The summed E-state index contributed by atoms with van der Waals surface area (Å²) in [5.41, 5.74) is 2.37. The van der Waals surface area contributed by atoms with Gasteiger partial charge in [-0.3, -0.25) is 4.79 Å². The number of aromatic nitrogens is 1. The molecule has 1 aromatic heterocycles. The summed E-state index contributed by atoms with van der Waals surface area (Å²) in [6.45, 7) is 8.08. The Hall–Kier alpha value is -1.81. The van der Waals surface area contributed by atoms with Gasteiger partial charge in [0.05, 0.1) is 6.10 Å². The van der Waals surface area contributed by atoms with Crippen LogP contribution in [0.4, 0.5) is 0 Å². The van der Waals surface area contributed by atoms with Crippen molar-refractivity contribution < 1.29 is 9.90 Å². The van der Waals surface area contributed by atoms with E-state index in [1.54, 1.807) is 0 Å². The van der Waals surface area contributed by atoms with E-state index in [2.05, 4.69) is 10.3 Å². The largest absolute Gasteiger partial charge is 0.391 e. The number of nitrogens with one attached hydrogen (secondary N) is 2. The van der Waals surface area contributed by atoms with Crippen LogP contribution in [0.1, 0.15) is 36.8 Å². The van der Waals surface area contributed by atoms with E-state index in [9.17, 15) is 9.90 Å². The van der Waals surface area contributed by atoms with Gasteiger partial charge >= 0.3 is 0 Å². The number of aromatic amines is 1. The summed E-state index contributed by atoms with van der Waals surface area (Å²) in [6, 6.07) is 7.84. The fourth-order valence-corrected chi connectivity index (χ4v) is 1.95. The molecule has 20 heavy (non-hydrogen) atoms. The molecule has 0 fully saturated rings. The first-order valence-corrected chi connectivity index (χ1v) is 6.83. The molecule has 3 N–H and O–H groups in total. The fourth-order valence-electron chi connectivity index (χ4n) is 1.95. The Morgan fingerprint density at radius 3 is 2.70 bits per heavy atom. The van der Waals surface area contributed by atoms with Gasteiger partial charge in [0.25, 0.3) is 5.91 Å². The highest BCUT2D eigenvalue weighted by Crippen LogP contribution is 2.19. The normalized spacial score (nSPS) is 13.4. The molecule has 1 amide bonds. The SMILES string of the molecule is Cc1ccc2cc(C(=O)NCC(O)C(C)(C)C)[nH]c2c1. The number of fused-ring (bicyclic) bond motifs is 1. The number of aliphatic hydroxyl groups is 1. The van der Waals surface area contributed by atoms with E-state index in [0.29, 0.717) is 5.69 Å². The van der Waals surface area contributed by atoms with Crippen molar-refractivity contribution >= 4 is 16.8 Å². The standard InChI is InChI=1S/C16H22N2O2/c1-10-5-6-11-8-13(18-12(11)7-10)15(20)17-9-14(19)16(2,3)4/h5-8,14,18-19H,9H2,1-4H3,(H,17,20). The smallest absolute Gasteiger partial charge is 0.267 e. The van der Waals surface area contributed by atoms with Crippen molar-refractivity contribution in [1.29, 1.82) is 0 Å². The second-order valence-corrected chi connectivity index (χ2v) is 6.37. The Kier molecular flexibility index (Phi) is 3.86. The van der Waals surface area contributed by atoms with Crippen LogP contribution in [0.15, 0.2) is 24.3 Å². The van der Waals surface area contributed by atoms with Crippen molar-refractivity contribution in [1.82, 2.24) is 10.3 Å². The van der Waals surface area contributed by atoms with Gasteiger partial charge in [-0.05, 0) is 30.0 Å². The van der Waals surface area contributed by atoms with Crippen LogP contribution in [0.25, 0.3) is 10.9 Å². The van der Waals surface area contributed by atoms with Gasteiger partial charge in [0.15, 0.2) is 0 Å². The Morgan fingerprint density at radius 2 is 2.05 bits per heavy atom. The topological polar surface area (TPSA) is 65.1 Å². The van der Waals surface area contributed by atoms with Crippen LogP contribution in [0.3, 0.4) is 0 Å². The van der Waals surface area contributed by atoms with Gasteiger partial charge in [0.2, 0.25) is 0 Å². The zero-order valence-electron chi connectivity index (χ0n) is 12.4. The van der Waals surface area contributed by atoms with Gasteiger partial charge < -0.3 is 15.4 Å². The summed E-state index contributed by atoms with van der Waals surface area (Å²) in [6.07, 6.45) is -0.571. The molecule has 0 aliphatic heterocycles. The molecule has 108 valence electrons. The quantitative estimate of drug-likeness (QED) is 0.805. The highest BCUT2D eigenvalue weighted by molar-refractivity contribution is 5.98. The second kappa shape index (κ2) is 5.29. The first-order valence-electron chi connectivity index (χ1n) is 6.83. The summed E-state index contributed by atoms with van der Waals surface area (Å²) in [5.74, 6) is -0.192. The van der Waals surface area contributed by atoms with Crippen molar-refractivity contribution in [2.75, 3.05) is 6.54 Å². The molecule has 0 aliphatic carbocycles. The van der Waals surface area contributed by atoms with Gasteiger partial charge in [0.1, 0.15) is 5.69 Å². The Morgan fingerprint density at radius 1 is 1.35 bits per heavy atom. The van der Waals surface area contributed by atoms with Gasteiger partial charge in [-0.1, -0.05) is 32.9 Å². The number of carbonyl (C=O) groups is 1. The molecule has 0 bridgehead atoms. The van der Waals surface area contributed by atoms with Crippen LogP contribution in [-0.4, -0.2) is 28.6 Å². The number of benzene rings is 1. The van der Waals surface area contributed by atoms with Gasteiger partial charge in [-0.2, -0.15) is 0 Å². The number of amides is 1. The molecule has 4 nitrogen and oxygen atoms in total. The number of aliphatic hydroxyl groups excluding tert-OH is 1. The third-order valence-corrected chi connectivity index (χ3v) is 3.48. The van der Waals surface area contributed by atoms with Crippen LogP contribution in [-0.2, 0) is 0 Å². The maximum Gasteiger partial charge on any atom is 0.267 e. The van der Waals surface area contributed by atoms with Crippen molar-refractivity contribution in [2.24, 2.45) is 5.41 Å². The maximum atomic E-state index is 12.1. The molecular weight excluding hydrogens is 252 g/mol. The lowest BCUT2D eigenvalue weighted by atomic mass is 9.89. The van der Waals surface area contributed by atoms with E-state index in [-0.39, 0.29) is 17.9 Å². The predicted molar refractivity (Wildman–Crippen MR) is 80.8 cm³/mol. The molecule has 2 rings (SSSR count). The average molecular weight is 274 g/mol. The van der Waals surface area contributed by atoms with E-state index in [4.69, 9.17) is 0 Å². The molecule has 0 saturated heterocycles. The second-order valence-electron chi connectivity index (χ2n) is 6.37. The number of hydrogen-bond acceptors (Lipinski definition) is 2. The number of H-pyrrole nitrogens is 1. The molecule has 0 radical (unpaired) electrons. The summed E-state index contributed by atoms with van der Waals surface area (Å²) in [7, 11) is 0. The Balaban J connectivity index is 2.08. The molecule has 0 saturated carbocycles. The minimum absolute atomic E-state index is 0.192. The van der Waals surface area contributed by atoms with Crippen LogP contribution in [0.2, 0.25) is 0 Å². The predicted octanol–water partition coefficient (Wildman–Crippen LogP) is 2.61. The lowest BCUT2D eigenvalue weighted by Gasteiger charge is -2.25. The van der Waals surface area contributed by atoms with Crippen LogP contribution in [0, 0.1) is 12.3 Å². The van der Waals surface area contributed by atoms with E-state index in [1.807, 2.05) is 52.0 Å². The average Bonchev–Trinajstić information content (AvgIpc) is 2.77. The first kappa shape index (κ1) is 14.6. The first-order chi connectivity index (χ1) is 9.27. The third kappa shape index (κ3) is 3.20. The number of carbonyl (C=O) groups excluding carboxylic acids is 1. The van der Waals surface area contributed by atoms with Crippen molar-refractivity contribution in [3.63, 3.8) is 0 Å². The molecule has 1 aromatic carbocycles. The molecule has 1 heterocycles. The molecule has 0 aliphatic rings. The summed E-state index contributed by atoms with van der Waals surface area (Å²) in [5, 5.41) is 13.7. The number of rotatable bonds is 3. The molecule has 0 spiro atoms. The minimum atomic E-state index is -0.571. The summed E-state index contributed by atoms with van der Waals surface area (Å²) < 4.78 is 0. The van der Waals surface area contributed by atoms with Crippen molar-refractivity contribution in [3.8, 4) is 0 Å². The van der Waals surface area contributed by atoms with E-state index in [0.717, 1.165) is 16.5 Å². The van der Waals surface area contributed by atoms with E-state index < -0.39 is 6.10 Å². The molecule has 1 unspecified atom stereocenters. The number of hydrogen-bond donors (Lipinski definition) is 3. The highest BCUT2D eigenvalue weighted by Gasteiger charge is 2.22. The molecule has 2 aromatic rings. The van der Waals surface area contributed by atoms with E-state index in [1.165, 1.54) is 0 Å². The van der Waals surface area contributed by atoms with E-state index >= 15 is 0 Å². The molecule has 1 atom stereocenters. The summed E-state index contributed by atoms with van der Waals surface area (Å²) >= 11 is 0. The van der Waals surface area contributed by atoms with Gasteiger partial charge in [-0.25, -0.2) is 0 Å². The van der Waals surface area contributed by atoms with Gasteiger partial charge in [0, 0.05) is 17.4 Å². The van der Waals surface area contributed by atoms with Crippen LogP contribution in [0.5, 0.6) is 0 Å². The maximum absolute atomic E-state index is 12.1. The lowest BCUT2D eigenvalue weighted by molar-refractivity contribution is 0.0585. The van der Waals surface area contributed by atoms with Crippen LogP contribution >= 0.6 is 0 Å².